The molecule has 9 heteroatoms. The number of halogens is 2. The van der Waals surface area contributed by atoms with Crippen LogP contribution in [0.4, 0.5) is 14.6 Å². The number of nitrogens with zero attached hydrogens (tertiary/aromatic N) is 2. The molecule has 1 fully saturated rings. The molecule has 2 amide bonds. The van der Waals surface area contributed by atoms with Crippen LogP contribution in [0.2, 0.25) is 0 Å². The highest BCUT2D eigenvalue weighted by molar-refractivity contribution is 5.96. The largest absolute Gasteiger partial charge is 0.396 e. The molecule has 162 valence electrons. The molecule has 0 radical (unpaired) electrons. The first kappa shape index (κ1) is 21.9. The highest BCUT2D eigenvalue weighted by Crippen LogP contribution is 2.38. The Morgan fingerprint density at radius 1 is 1.27 bits per heavy atom. The molecular formula is C21H26F2N4O3. The lowest BCUT2D eigenvalue weighted by atomic mass is 9.80. The molecule has 0 saturated heterocycles. The van der Waals surface area contributed by atoms with Gasteiger partial charge in [0, 0.05) is 30.8 Å². The van der Waals surface area contributed by atoms with E-state index in [1.807, 2.05) is 11.5 Å². The number of aromatic nitrogens is 2. The Labute approximate surface area is 173 Å². The smallest absolute Gasteiger partial charge is 0.248 e. The van der Waals surface area contributed by atoms with Crippen LogP contribution in [0.1, 0.15) is 44.2 Å². The van der Waals surface area contributed by atoms with Gasteiger partial charge in [0.1, 0.15) is 17.7 Å². The second-order valence-electron chi connectivity index (χ2n) is 7.65. The van der Waals surface area contributed by atoms with E-state index in [1.165, 1.54) is 0 Å². The predicted molar refractivity (Wildman–Crippen MR) is 107 cm³/mol. The minimum atomic E-state index is -0.792. The van der Waals surface area contributed by atoms with Crippen molar-refractivity contribution in [3.05, 3.63) is 47.9 Å². The van der Waals surface area contributed by atoms with Gasteiger partial charge in [0.25, 0.3) is 0 Å². The van der Waals surface area contributed by atoms with Crippen LogP contribution in [-0.4, -0.2) is 39.1 Å². The molecular weight excluding hydrogens is 394 g/mol. The molecule has 0 aliphatic heterocycles. The van der Waals surface area contributed by atoms with E-state index in [-0.39, 0.29) is 30.6 Å². The van der Waals surface area contributed by atoms with E-state index in [0.29, 0.717) is 18.7 Å². The number of aliphatic hydroxyl groups excluding tert-OH is 1. The Morgan fingerprint density at radius 3 is 2.60 bits per heavy atom. The van der Waals surface area contributed by atoms with Crippen molar-refractivity contribution >= 4 is 17.6 Å². The van der Waals surface area contributed by atoms with Gasteiger partial charge in [-0.1, -0.05) is 13.3 Å². The fourth-order valence-corrected chi connectivity index (χ4v) is 3.65. The van der Waals surface area contributed by atoms with Crippen molar-refractivity contribution in [3.8, 4) is 0 Å². The number of carbonyl (C=O) groups is 2. The van der Waals surface area contributed by atoms with Crippen LogP contribution in [-0.2, 0) is 16.0 Å². The number of hydrogen-bond acceptors (Lipinski definition) is 4. The van der Waals surface area contributed by atoms with Crippen molar-refractivity contribution in [3.63, 3.8) is 0 Å². The Bertz CT molecular complexity index is 880. The molecule has 1 saturated carbocycles. The highest BCUT2D eigenvalue weighted by Gasteiger charge is 2.31. The van der Waals surface area contributed by atoms with Gasteiger partial charge in [-0.05, 0) is 37.0 Å². The van der Waals surface area contributed by atoms with Crippen LogP contribution in [0.25, 0.3) is 0 Å². The number of anilines is 1. The summed E-state index contributed by atoms with van der Waals surface area (Å²) >= 11 is 0. The summed E-state index contributed by atoms with van der Waals surface area (Å²) in [5.41, 5.74) is 0.193. The van der Waals surface area contributed by atoms with Gasteiger partial charge in [-0.2, -0.15) is 0 Å². The molecule has 3 rings (SSSR count). The molecule has 2 aromatic rings. The van der Waals surface area contributed by atoms with Crippen LogP contribution >= 0.6 is 0 Å². The third kappa shape index (κ3) is 5.41. The molecule has 3 atom stereocenters. The fraction of sp³-hybridized carbons (Fsp3) is 0.476. The lowest BCUT2D eigenvalue weighted by Crippen LogP contribution is -2.44. The topological polar surface area (TPSA) is 96.2 Å². The van der Waals surface area contributed by atoms with Crippen molar-refractivity contribution in [2.45, 2.75) is 51.1 Å². The zero-order valence-electron chi connectivity index (χ0n) is 16.8. The molecule has 1 aromatic heterocycles. The number of amides is 2. The summed E-state index contributed by atoms with van der Waals surface area (Å²) < 4.78 is 28.5. The molecule has 1 aromatic carbocycles. The van der Waals surface area contributed by atoms with Crippen LogP contribution in [0.15, 0.2) is 30.7 Å². The minimum absolute atomic E-state index is 0.115. The molecule has 1 aliphatic rings. The minimum Gasteiger partial charge on any atom is -0.396 e. The summed E-state index contributed by atoms with van der Waals surface area (Å²) in [6.07, 6.45) is 6.07. The number of hydrogen-bond donors (Lipinski definition) is 3. The zero-order valence-corrected chi connectivity index (χ0v) is 16.8. The summed E-state index contributed by atoms with van der Waals surface area (Å²) in [6, 6.07) is 2.29. The summed E-state index contributed by atoms with van der Waals surface area (Å²) in [4.78, 5) is 29.1. The lowest BCUT2D eigenvalue weighted by Gasteiger charge is -2.36. The summed E-state index contributed by atoms with van der Waals surface area (Å²) in [7, 11) is 0. The van der Waals surface area contributed by atoms with Crippen molar-refractivity contribution in [2.75, 3.05) is 11.9 Å². The number of benzene rings is 1. The molecule has 0 bridgehead atoms. The molecule has 30 heavy (non-hydrogen) atoms. The van der Waals surface area contributed by atoms with Crippen LogP contribution < -0.4 is 10.6 Å². The summed E-state index contributed by atoms with van der Waals surface area (Å²) in [5, 5.41) is 14.7. The molecule has 3 N–H and O–H groups in total. The number of rotatable bonds is 9. The van der Waals surface area contributed by atoms with Crippen LogP contribution in [0.3, 0.4) is 0 Å². The van der Waals surface area contributed by atoms with Gasteiger partial charge in [0.05, 0.1) is 12.7 Å². The predicted octanol–water partition coefficient (Wildman–Crippen LogP) is 2.57. The van der Waals surface area contributed by atoms with E-state index in [0.717, 1.165) is 31.0 Å². The van der Waals surface area contributed by atoms with Crippen LogP contribution in [0.5, 0.6) is 0 Å². The zero-order chi connectivity index (χ0) is 21.7. The molecule has 1 heterocycles. The molecule has 2 unspecified atom stereocenters. The van der Waals surface area contributed by atoms with Crippen molar-refractivity contribution < 1.29 is 23.5 Å². The van der Waals surface area contributed by atoms with Gasteiger partial charge in [0.15, 0.2) is 5.82 Å². The van der Waals surface area contributed by atoms with Crippen molar-refractivity contribution in [1.29, 1.82) is 0 Å². The first-order chi connectivity index (χ1) is 14.4. The second kappa shape index (κ2) is 9.80. The van der Waals surface area contributed by atoms with E-state index in [2.05, 4.69) is 15.6 Å². The Morgan fingerprint density at radius 2 is 2.00 bits per heavy atom. The maximum atomic E-state index is 13.3. The average molecular weight is 420 g/mol. The van der Waals surface area contributed by atoms with Gasteiger partial charge in [-0.3, -0.25) is 9.59 Å². The molecule has 0 spiro atoms. The first-order valence-electron chi connectivity index (χ1n) is 10.1. The number of carbonyl (C=O) groups excluding carboxylic acids is 2. The number of aliphatic hydroxyl groups is 1. The fourth-order valence-electron chi connectivity index (χ4n) is 3.65. The van der Waals surface area contributed by atoms with Crippen molar-refractivity contribution in [1.82, 2.24) is 14.9 Å². The van der Waals surface area contributed by atoms with Gasteiger partial charge < -0.3 is 20.3 Å². The monoisotopic (exact) mass is 420 g/mol. The highest BCUT2D eigenvalue weighted by atomic mass is 19.1. The maximum Gasteiger partial charge on any atom is 0.248 e. The quantitative estimate of drug-likeness (QED) is 0.581. The summed E-state index contributed by atoms with van der Waals surface area (Å²) in [6.45, 7) is 2.00. The maximum absolute atomic E-state index is 13.3. The molecule has 7 nitrogen and oxygen atoms in total. The van der Waals surface area contributed by atoms with Gasteiger partial charge in [0.2, 0.25) is 11.8 Å². The van der Waals surface area contributed by atoms with E-state index in [1.54, 1.807) is 12.5 Å². The van der Waals surface area contributed by atoms with Crippen molar-refractivity contribution in [2.24, 2.45) is 5.92 Å². The van der Waals surface area contributed by atoms with Gasteiger partial charge in [-0.15, -0.1) is 0 Å². The number of nitrogens with one attached hydrogen (secondary N) is 2. The molecule has 1 aliphatic carbocycles. The normalized spacial score (nSPS) is 19.1. The average Bonchev–Trinajstić information content (AvgIpc) is 3.07. The SMILES string of the molecule is CCCC(NC(=O)Cc1cc(F)cc(F)c1)C(=O)Nc1cn([C@H]2CCC2CO)cn1. The third-order valence-electron chi connectivity index (χ3n) is 5.36. The lowest BCUT2D eigenvalue weighted by molar-refractivity contribution is -0.126. The Hall–Kier alpha value is -2.81. The van der Waals surface area contributed by atoms with E-state index in [9.17, 15) is 23.5 Å². The Kier molecular flexibility index (Phi) is 7.15. The van der Waals surface area contributed by atoms with E-state index < -0.39 is 29.5 Å². The van der Waals surface area contributed by atoms with E-state index in [4.69, 9.17) is 0 Å². The Balaban J connectivity index is 1.59. The van der Waals surface area contributed by atoms with E-state index >= 15 is 0 Å². The van der Waals surface area contributed by atoms with Crippen LogP contribution in [0, 0.1) is 17.6 Å². The second-order valence-corrected chi connectivity index (χ2v) is 7.65. The van der Waals surface area contributed by atoms with Gasteiger partial charge in [-0.25, -0.2) is 13.8 Å². The number of imidazole rings is 1. The standard InChI is InChI=1S/C21H26F2N4O3/c1-2-3-17(25-20(29)8-13-6-15(22)9-16(23)7-13)21(30)26-19-10-27(12-24-19)18-5-4-14(18)11-28/h6-7,9-10,12,14,17-18,28H,2-5,8,11H2,1H3,(H,25,29)(H,26,30)/t14?,17?,18-/m0/s1. The van der Waals surface area contributed by atoms with Gasteiger partial charge >= 0.3 is 0 Å². The summed E-state index contributed by atoms with van der Waals surface area (Å²) in [5.74, 6) is -1.86. The first-order valence-corrected chi connectivity index (χ1v) is 10.1. The third-order valence-corrected chi connectivity index (χ3v) is 5.36.